The number of anilines is 1. The Kier molecular flexibility index (Phi) is 4.06. The highest BCUT2D eigenvalue weighted by molar-refractivity contribution is 5.85. The number of amides is 1. The molecule has 0 unspecified atom stereocenters. The van der Waals surface area contributed by atoms with Crippen LogP contribution in [0.15, 0.2) is 15.6 Å². The zero-order valence-electron chi connectivity index (χ0n) is 13.6. The van der Waals surface area contributed by atoms with Gasteiger partial charge in [-0.3, -0.25) is 4.79 Å². The highest BCUT2D eigenvalue weighted by Crippen LogP contribution is 2.27. The summed E-state index contributed by atoms with van der Waals surface area (Å²) in [6, 6.07) is 0.0895. The third-order valence-corrected chi connectivity index (χ3v) is 4.68. The van der Waals surface area contributed by atoms with E-state index in [1.54, 1.807) is 0 Å². The molecule has 0 bridgehead atoms. The van der Waals surface area contributed by atoms with Crippen LogP contribution in [0.25, 0.3) is 11.0 Å². The van der Waals surface area contributed by atoms with Gasteiger partial charge in [0.2, 0.25) is 5.91 Å². The van der Waals surface area contributed by atoms with Gasteiger partial charge in [-0.2, -0.15) is 5.16 Å². The van der Waals surface area contributed by atoms with E-state index in [1.165, 1.54) is 6.33 Å². The van der Waals surface area contributed by atoms with Crippen molar-refractivity contribution in [1.29, 1.82) is 0 Å². The Morgan fingerprint density at radius 3 is 3.04 bits per heavy atom. The second-order valence-electron chi connectivity index (χ2n) is 6.05. The Morgan fingerprint density at radius 2 is 2.30 bits per heavy atom. The maximum atomic E-state index is 12.0. The smallest absolute Gasteiger partial charge is 0.354 e. The van der Waals surface area contributed by atoms with Crippen molar-refractivity contribution >= 4 is 22.8 Å². The number of aromatic nitrogens is 3. The van der Waals surface area contributed by atoms with Gasteiger partial charge in [0.25, 0.3) is 0 Å². The third-order valence-electron chi connectivity index (χ3n) is 4.68. The van der Waals surface area contributed by atoms with Crippen LogP contribution >= 0.6 is 0 Å². The third kappa shape index (κ3) is 2.69. The number of nitrogens with zero attached hydrogens (tertiary/aromatic N) is 4. The highest BCUT2D eigenvalue weighted by Gasteiger charge is 2.32. The van der Waals surface area contributed by atoms with Gasteiger partial charge in [-0.05, 0) is 12.3 Å². The molecule has 2 aromatic rings. The molecule has 1 aliphatic heterocycles. The molecule has 124 valence electrons. The lowest BCUT2D eigenvalue weighted by molar-refractivity contribution is -0.132. The Morgan fingerprint density at radius 1 is 1.52 bits per heavy atom. The van der Waals surface area contributed by atoms with Gasteiger partial charge in [-0.1, -0.05) is 13.8 Å². The van der Waals surface area contributed by atoms with Crippen LogP contribution in [0.5, 0.6) is 0 Å². The lowest BCUT2D eigenvalue weighted by Crippen LogP contribution is -2.52. The van der Waals surface area contributed by atoms with Crippen molar-refractivity contribution in [3.05, 3.63) is 16.7 Å². The van der Waals surface area contributed by atoms with Crippen molar-refractivity contribution in [2.24, 2.45) is 5.92 Å². The number of carbonyl (C=O) groups excluding carboxylic acids is 1. The first-order valence-electron chi connectivity index (χ1n) is 7.85. The van der Waals surface area contributed by atoms with Gasteiger partial charge in [0.1, 0.15) is 17.5 Å². The van der Waals surface area contributed by atoms with Crippen LogP contribution in [0, 0.1) is 5.92 Å². The molecule has 23 heavy (non-hydrogen) atoms. The molecule has 1 saturated heterocycles. The monoisotopic (exact) mass is 319 g/mol. The van der Waals surface area contributed by atoms with Crippen molar-refractivity contribution in [2.75, 3.05) is 25.0 Å². The molecular formula is C15H21N5O3. The molecule has 3 rings (SSSR count). The fourth-order valence-corrected chi connectivity index (χ4v) is 3.22. The van der Waals surface area contributed by atoms with E-state index in [-0.39, 0.29) is 11.9 Å². The Hall–Kier alpha value is -2.38. The van der Waals surface area contributed by atoms with Gasteiger partial charge < -0.3 is 14.3 Å². The number of rotatable bonds is 3. The predicted octanol–water partition coefficient (Wildman–Crippen LogP) is 0.994. The van der Waals surface area contributed by atoms with Crippen LogP contribution in [0.2, 0.25) is 0 Å². The lowest BCUT2D eigenvalue weighted by atomic mass is 9.92. The molecule has 8 nitrogen and oxygen atoms in total. The van der Waals surface area contributed by atoms with Gasteiger partial charge >= 0.3 is 5.63 Å². The molecule has 8 heteroatoms. The van der Waals surface area contributed by atoms with Crippen LogP contribution in [-0.4, -0.2) is 52.1 Å². The minimum Gasteiger partial charge on any atom is -0.354 e. The molecule has 0 spiro atoms. The van der Waals surface area contributed by atoms with Gasteiger partial charge in [0.05, 0.1) is 6.04 Å². The van der Waals surface area contributed by atoms with Crippen molar-refractivity contribution in [3.8, 4) is 0 Å². The number of carbonyl (C=O) groups is 1. The maximum absolute atomic E-state index is 12.0. The first-order chi connectivity index (χ1) is 11.0. The minimum absolute atomic E-state index is 0.0895. The molecule has 0 aliphatic carbocycles. The summed E-state index contributed by atoms with van der Waals surface area (Å²) in [5.41, 5.74) is -0.0933. The van der Waals surface area contributed by atoms with Crippen molar-refractivity contribution in [3.63, 3.8) is 0 Å². The minimum atomic E-state index is -0.479. The first kappa shape index (κ1) is 15.5. The van der Waals surface area contributed by atoms with Gasteiger partial charge in [-0.25, -0.2) is 14.8 Å². The molecule has 0 radical (unpaired) electrons. The zero-order valence-corrected chi connectivity index (χ0v) is 13.6. The summed E-state index contributed by atoms with van der Waals surface area (Å²) in [7, 11) is 1.90. The molecule has 1 fully saturated rings. The molecule has 0 aromatic carbocycles. The average molecular weight is 319 g/mol. The van der Waals surface area contributed by atoms with Gasteiger partial charge in [0, 0.05) is 26.6 Å². The van der Waals surface area contributed by atoms with Crippen LogP contribution in [0.4, 0.5) is 5.82 Å². The van der Waals surface area contributed by atoms with E-state index in [0.717, 1.165) is 13.0 Å². The Balaban J connectivity index is 1.94. The van der Waals surface area contributed by atoms with E-state index < -0.39 is 5.63 Å². The number of piperidine rings is 1. The van der Waals surface area contributed by atoms with Crippen LogP contribution in [0.1, 0.15) is 26.7 Å². The van der Waals surface area contributed by atoms with E-state index in [0.29, 0.717) is 35.7 Å². The van der Waals surface area contributed by atoms with E-state index in [1.807, 2.05) is 23.8 Å². The molecular weight excluding hydrogens is 298 g/mol. The second kappa shape index (κ2) is 6.02. The summed E-state index contributed by atoms with van der Waals surface area (Å²) >= 11 is 0. The number of likely N-dealkylation sites (N-methyl/N-ethyl adjacent to an activating group) is 1. The lowest BCUT2D eigenvalue weighted by Gasteiger charge is -2.42. The Bertz CT molecular complexity index is 768. The quantitative estimate of drug-likeness (QED) is 0.906. The zero-order chi connectivity index (χ0) is 16.6. The van der Waals surface area contributed by atoms with Crippen molar-refractivity contribution < 1.29 is 9.32 Å². The first-order valence-corrected chi connectivity index (χ1v) is 7.85. The summed E-state index contributed by atoms with van der Waals surface area (Å²) in [5.74, 6) is 1.08. The fourth-order valence-electron chi connectivity index (χ4n) is 3.22. The van der Waals surface area contributed by atoms with Crippen LogP contribution < -0.4 is 10.5 Å². The van der Waals surface area contributed by atoms with Crippen LogP contribution in [-0.2, 0) is 4.79 Å². The molecule has 1 aliphatic rings. The topological polar surface area (TPSA) is 95.3 Å². The van der Waals surface area contributed by atoms with Crippen LogP contribution in [0.3, 0.4) is 0 Å². The maximum Gasteiger partial charge on any atom is 0.370 e. The number of H-pyrrole nitrogens is 1. The number of nitrogens with one attached hydrogen (secondary N) is 1. The molecule has 2 atom stereocenters. The highest BCUT2D eigenvalue weighted by atomic mass is 16.5. The van der Waals surface area contributed by atoms with E-state index in [4.69, 9.17) is 4.52 Å². The second-order valence-corrected chi connectivity index (χ2v) is 6.05. The SMILES string of the molecule is CCC(=O)N1CC[C@@H](C)[C@@H](N(C)c2ncnc3[nH]oc(=O)c23)C1. The molecule has 1 N–H and O–H groups in total. The summed E-state index contributed by atoms with van der Waals surface area (Å²) in [6.45, 7) is 5.44. The number of hydrogen-bond donors (Lipinski definition) is 1. The molecule has 3 heterocycles. The number of fused-ring (bicyclic) bond motifs is 1. The van der Waals surface area contributed by atoms with Crippen molar-refractivity contribution in [2.45, 2.75) is 32.7 Å². The van der Waals surface area contributed by atoms with Gasteiger partial charge in [0.15, 0.2) is 5.65 Å². The summed E-state index contributed by atoms with van der Waals surface area (Å²) in [5, 5.41) is 2.85. The summed E-state index contributed by atoms with van der Waals surface area (Å²) in [4.78, 5) is 36.1. The summed E-state index contributed by atoms with van der Waals surface area (Å²) in [6.07, 6.45) is 2.84. The largest absolute Gasteiger partial charge is 0.370 e. The van der Waals surface area contributed by atoms with E-state index >= 15 is 0 Å². The fraction of sp³-hybridized carbons (Fsp3) is 0.600. The number of aromatic amines is 1. The predicted molar refractivity (Wildman–Crippen MR) is 85.3 cm³/mol. The molecule has 1 amide bonds. The number of hydrogen-bond acceptors (Lipinski definition) is 6. The van der Waals surface area contributed by atoms with E-state index in [2.05, 4.69) is 22.0 Å². The van der Waals surface area contributed by atoms with E-state index in [9.17, 15) is 9.59 Å². The summed E-state index contributed by atoms with van der Waals surface area (Å²) < 4.78 is 4.82. The normalized spacial score (nSPS) is 21.6. The Labute approximate surface area is 133 Å². The molecule has 2 aromatic heterocycles. The standard InChI is InChI=1S/C15H21N5O3/c1-4-11(21)20-6-5-9(2)10(7-20)19(3)14-12-13(16-8-17-14)18-23-15(12)22/h8-10H,4-7H2,1-3H3,(H,16,17,18)/t9-,10+/m1/s1. The van der Waals surface area contributed by atoms with Gasteiger partial charge in [-0.15, -0.1) is 0 Å². The number of likely N-dealkylation sites (tertiary alicyclic amines) is 1. The molecule has 0 saturated carbocycles. The average Bonchev–Trinajstić information content (AvgIpc) is 2.95. The van der Waals surface area contributed by atoms with Crippen molar-refractivity contribution in [1.82, 2.24) is 20.0 Å².